The summed E-state index contributed by atoms with van der Waals surface area (Å²) in [4.78, 5) is 1.71. The molecule has 0 aromatic carbocycles. The third-order valence-corrected chi connectivity index (χ3v) is 1.74. The first-order chi connectivity index (χ1) is 4.49. The highest BCUT2D eigenvalue weighted by Gasteiger charge is 2.44. The van der Waals surface area contributed by atoms with Crippen LogP contribution in [0.15, 0.2) is 0 Å². The molecule has 0 aromatic rings. The van der Waals surface area contributed by atoms with Crippen LogP contribution in [0, 0.1) is 13.0 Å². The molecule has 1 aliphatic carbocycles. The van der Waals surface area contributed by atoms with E-state index in [-0.39, 0.29) is 18.8 Å². The molecule has 0 heterocycles. The summed E-state index contributed by atoms with van der Waals surface area (Å²) < 4.78 is 24.4. The zero-order valence-electron chi connectivity index (χ0n) is 6.11. The highest BCUT2D eigenvalue weighted by molar-refractivity contribution is 4.87. The van der Waals surface area contributed by atoms with Crippen LogP contribution in [0.3, 0.4) is 0 Å². The molecular weight excluding hydrogens is 136 g/mol. The van der Waals surface area contributed by atoms with E-state index in [9.17, 15) is 8.78 Å². The summed E-state index contributed by atoms with van der Waals surface area (Å²) in [7, 11) is 5.40. The largest absolute Gasteiger partial charge is 0.462 e. The number of halogens is 2. The molecule has 3 heteroatoms. The monoisotopic (exact) mass is 148 g/mol. The summed E-state index contributed by atoms with van der Waals surface area (Å²) in [6.07, 6.45) is 0.0969. The molecule has 10 heavy (non-hydrogen) atoms. The molecule has 0 N–H and O–H groups in total. The molecule has 1 saturated carbocycles. The van der Waals surface area contributed by atoms with Crippen molar-refractivity contribution in [2.45, 2.75) is 18.8 Å². The lowest BCUT2D eigenvalue weighted by Gasteiger charge is -2.38. The SMILES string of the molecule is [CH2-]N(C)CC1CC(F)(F)C1. The second kappa shape index (κ2) is 2.46. The third kappa shape index (κ3) is 1.90. The van der Waals surface area contributed by atoms with Gasteiger partial charge in [-0.25, -0.2) is 8.78 Å². The average molecular weight is 148 g/mol. The zero-order chi connectivity index (χ0) is 7.78. The summed E-state index contributed by atoms with van der Waals surface area (Å²) in [5.41, 5.74) is 0. The Hall–Kier alpha value is -0.180. The normalized spacial score (nSPS) is 24.9. The van der Waals surface area contributed by atoms with Gasteiger partial charge in [-0.15, -0.1) is 0 Å². The molecule has 1 nitrogen and oxygen atoms in total. The third-order valence-electron chi connectivity index (χ3n) is 1.74. The maximum atomic E-state index is 12.2. The molecular formula is C7H12F2N-. The van der Waals surface area contributed by atoms with Crippen molar-refractivity contribution >= 4 is 0 Å². The van der Waals surface area contributed by atoms with Crippen LogP contribution in [-0.4, -0.2) is 24.4 Å². The maximum absolute atomic E-state index is 12.2. The van der Waals surface area contributed by atoms with Crippen molar-refractivity contribution in [1.29, 1.82) is 0 Å². The van der Waals surface area contributed by atoms with Crippen molar-refractivity contribution in [2.75, 3.05) is 13.6 Å². The van der Waals surface area contributed by atoms with Crippen LogP contribution in [0.4, 0.5) is 8.78 Å². The van der Waals surface area contributed by atoms with Crippen LogP contribution in [0.5, 0.6) is 0 Å². The van der Waals surface area contributed by atoms with E-state index in [0.717, 1.165) is 0 Å². The lowest BCUT2D eigenvalue weighted by atomic mass is 9.81. The van der Waals surface area contributed by atoms with Gasteiger partial charge in [0.25, 0.3) is 0 Å². The molecule has 1 fully saturated rings. The highest BCUT2D eigenvalue weighted by Crippen LogP contribution is 2.42. The highest BCUT2D eigenvalue weighted by atomic mass is 19.3. The molecule has 60 valence electrons. The first kappa shape index (κ1) is 7.92. The van der Waals surface area contributed by atoms with Crippen molar-refractivity contribution in [3.8, 4) is 0 Å². The molecule has 0 aromatic heterocycles. The van der Waals surface area contributed by atoms with E-state index in [1.165, 1.54) is 0 Å². The van der Waals surface area contributed by atoms with Crippen LogP contribution in [0.2, 0.25) is 0 Å². The summed E-state index contributed by atoms with van der Waals surface area (Å²) in [5, 5.41) is 0. The molecule has 0 saturated heterocycles. The average Bonchev–Trinajstić information content (AvgIpc) is 1.57. The second-order valence-electron chi connectivity index (χ2n) is 3.17. The Morgan fingerprint density at radius 2 is 2.10 bits per heavy atom. The lowest BCUT2D eigenvalue weighted by molar-refractivity contribution is -0.113. The number of alkyl halides is 2. The smallest absolute Gasteiger partial charge is 0.248 e. The second-order valence-corrected chi connectivity index (χ2v) is 3.17. The molecule has 0 amide bonds. The van der Waals surface area contributed by atoms with E-state index in [1.807, 2.05) is 0 Å². The van der Waals surface area contributed by atoms with Gasteiger partial charge in [0.1, 0.15) is 0 Å². The Bertz CT molecular complexity index is 112. The van der Waals surface area contributed by atoms with Gasteiger partial charge in [-0.1, -0.05) is 0 Å². The van der Waals surface area contributed by atoms with Gasteiger partial charge >= 0.3 is 0 Å². The molecule has 0 atom stereocenters. The van der Waals surface area contributed by atoms with E-state index in [0.29, 0.717) is 6.54 Å². The summed E-state index contributed by atoms with van der Waals surface area (Å²) >= 11 is 0. The molecule has 0 aliphatic heterocycles. The predicted molar refractivity (Wildman–Crippen MR) is 35.7 cm³/mol. The fraction of sp³-hybridized carbons (Fsp3) is 0.857. The fourth-order valence-corrected chi connectivity index (χ4v) is 1.35. The van der Waals surface area contributed by atoms with Crippen LogP contribution in [0.25, 0.3) is 0 Å². The van der Waals surface area contributed by atoms with Gasteiger partial charge in [-0.05, 0) is 19.5 Å². The van der Waals surface area contributed by atoms with Crippen molar-refractivity contribution in [1.82, 2.24) is 4.90 Å². The van der Waals surface area contributed by atoms with Gasteiger partial charge < -0.3 is 4.90 Å². The van der Waals surface area contributed by atoms with E-state index in [4.69, 9.17) is 0 Å². The Morgan fingerprint density at radius 1 is 1.60 bits per heavy atom. The topological polar surface area (TPSA) is 3.24 Å². The molecule has 0 unspecified atom stereocenters. The van der Waals surface area contributed by atoms with Crippen molar-refractivity contribution in [3.63, 3.8) is 0 Å². The van der Waals surface area contributed by atoms with Crippen LogP contribution < -0.4 is 0 Å². The fourth-order valence-electron chi connectivity index (χ4n) is 1.35. The van der Waals surface area contributed by atoms with Crippen molar-refractivity contribution in [2.24, 2.45) is 5.92 Å². The Labute approximate surface area is 60.0 Å². The number of hydrogen-bond acceptors (Lipinski definition) is 1. The van der Waals surface area contributed by atoms with Gasteiger partial charge in [-0.3, -0.25) is 7.05 Å². The zero-order valence-corrected chi connectivity index (χ0v) is 6.11. The summed E-state index contributed by atoms with van der Waals surface area (Å²) in [5.74, 6) is -2.21. The van der Waals surface area contributed by atoms with E-state index >= 15 is 0 Å². The van der Waals surface area contributed by atoms with E-state index in [2.05, 4.69) is 7.05 Å². The first-order valence-electron chi connectivity index (χ1n) is 3.39. The molecule has 0 spiro atoms. The predicted octanol–water partition coefficient (Wildman–Crippen LogP) is 1.76. The summed E-state index contributed by atoms with van der Waals surface area (Å²) in [6.45, 7) is 0.690. The van der Waals surface area contributed by atoms with Crippen LogP contribution >= 0.6 is 0 Å². The van der Waals surface area contributed by atoms with Crippen LogP contribution in [-0.2, 0) is 0 Å². The standard InChI is InChI=1S/C7H12F2N/c1-10(2)5-6-3-7(8,9)4-6/h6H,1,3-5H2,2H3/q-1. The van der Waals surface area contributed by atoms with Gasteiger partial charge in [0.15, 0.2) is 0 Å². The minimum absolute atomic E-state index is 0.0485. The minimum Gasteiger partial charge on any atom is -0.462 e. The molecule has 0 radical (unpaired) electrons. The molecule has 1 rings (SSSR count). The number of hydrogen-bond donors (Lipinski definition) is 0. The number of rotatable bonds is 2. The maximum Gasteiger partial charge on any atom is 0.248 e. The Kier molecular flexibility index (Phi) is 1.95. The first-order valence-corrected chi connectivity index (χ1v) is 3.39. The lowest BCUT2D eigenvalue weighted by Crippen LogP contribution is -2.40. The van der Waals surface area contributed by atoms with Crippen molar-refractivity contribution < 1.29 is 8.78 Å². The summed E-state index contributed by atoms with van der Waals surface area (Å²) in [6, 6.07) is 0. The van der Waals surface area contributed by atoms with Gasteiger partial charge in [0.05, 0.1) is 0 Å². The molecule has 0 bridgehead atoms. The van der Waals surface area contributed by atoms with E-state index in [1.54, 1.807) is 11.9 Å². The van der Waals surface area contributed by atoms with Gasteiger partial charge in [-0.2, -0.15) is 0 Å². The minimum atomic E-state index is -2.37. The van der Waals surface area contributed by atoms with Gasteiger partial charge in [0, 0.05) is 12.8 Å². The Morgan fingerprint density at radius 3 is 2.40 bits per heavy atom. The Balaban J connectivity index is 2.15. The number of nitrogens with zero attached hydrogens (tertiary/aromatic N) is 1. The molecule has 1 aliphatic rings. The van der Waals surface area contributed by atoms with Crippen molar-refractivity contribution in [3.05, 3.63) is 7.05 Å². The van der Waals surface area contributed by atoms with E-state index < -0.39 is 5.92 Å². The van der Waals surface area contributed by atoms with Crippen LogP contribution in [0.1, 0.15) is 12.8 Å². The quantitative estimate of drug-likeness (QED) is 0.539. The van der Waals surface area contributed by atoms with Gasteiger partial charge in [0.2, 0.25) is 5.92 Å².